The Morgan fingerprint density at radius 2 is 1.78 bits per heavy atom. The van der Waals surface area contributed by atoms with Gasteiger partial charge >= 0.3 is 0 Å². The van der Waals surface area contributed by atoms with E-state index < -0.39 is 11.9 Å². The molecule has 0 aliphatic carbocycles. The Balaban J connectivity index is 1.25. The van der Waals surface area contributed by atoms with Crippen LogP contribution in [0.4, 0.5) is 21.5 Å². The first kappa shape index (κ1) is 37.5. The van der Waals surface area contributed by atoms with Crippen LogP contribution in [0, 0.1) is 17.1 Å². The SMILES string of the molecule is CN(C)C1CN(C(=O)c2cccc(C(Nc3cc(Cl)c4ncc(C#N)c(Nc5ccc(F)c(Cl)c5)c4c3)c3cn(C4CCN(C(C)(C)C)CC4)nn3)c2)C1. The third kappa shape index (κ3) is 7.72. The van der Waals surface area contributed by atoms with Gasteiger partial charge in [0.05, 0.1) is 45.1 Å². The number of anilines is 3. The Hall–Kier alpha value is -4.80. The number of rotatable bonds is 9. The molecule has 2 aliphatic rings. The first-order chi connectivity index (χ1) is 25.8. The number of fused-ring (bicyclic) bond motifs is 1. The van der Waals surface area contributed by atoms with E-state index in [1.54, 1.807) is 12.1 Å². The summed E-state index contributed by atoms with van der Waals surface area (Å²) in [6.45, 7) is 10.0. The maximum Gasteiger partial charge on any atom is 0.253 e. The summed E-state index contributed by atoms with van der Waals surface area (Å²) in [4.78, 5) is 24.6. The number of nitriles is 1. The molecule has 2 saturated heterocycles. The maximum absolute atomic E-state index is 14.0. The second-order valence-corrected chi connectivity index (χ2v) is 16.1. The van der Waals surface area contributed by atoms with E-state index in [0.717, 1.165) is 31.5 Å². The third-order valence-electron chi connectivity index (χ3n) is 10.5. The highest BCUT2D eigenvalue weighted by Crippen LogP contribution is 2.38. The molecule has 1 atom stereocenters. The molecule has 0 saturated carbocycles. The zero-order valence-electron chi connectivity index (χ0n) is 30.9. The molecule has 14 heteroatoms. The summed E-state index contributed by atoms with van der Waals surface area (Å²) in [5, 5.41) is 27.1. The summed E-state index contributed by atoms with van der Waals surface area (Å²) in [5.41, 5.74) is 4.47. The highest BCUT2D eigenvalue weighted by Gasteiger charge is 2.33. The summed E-state index contributed by atoms with van der Waals surface area (Å²) < 4.78 is 16.0. The van der Waals surface area contributed by atoms with Crippen molar-refractivity contribution >= 4 is 57.1 Å². The minimum atomic E-state index is -0.552. The average molecular weight is 770 g/mol. The molecule has 2 aliphatic heterocycles. The molecule has 2 N–H and O–H groups in total. The number of likely N-dealkylation sites (tertiary alicyclic amines) is 2. The van der Waals surface area contributed by atoms with Gasteiger partial charge < -0.3 is 20.4 Å². The van der Waals surface area contributed by atoms with Gasteiger partial charge in [0.1, 0.15) is 17.6 Å². The molecule has 1 amide bonds. The first-order valence-corrected chi connectivity index (χ1v) is 18.8. The minimum Gasteiger partial charge on any atom is -0.373 e. The molecule has 11 nitrogen and oxygen atoms in total. The van der Waals surface area contributed by atoms with Gasteiger partial charge in [-0.25, -0.2) is 9.07 Å². The summed E-state index contributed by atoms with van der Waals surface area (Å²) >= 11 is 13.0. The lowest BCUT2D eigenvalue weighted by molar-refractivity contribution is 0.0399. The molecule has 3 aromatic carbocycles. The van der Waals surface area contributed by atoms with Gasteiger partial charge in [0, 0.05) is 66.3 Å². The van der Waals surface area contributed by atoms with E-state index >= 15 is 0 Å². The van der Waals surface area contributed by atoms with E-state index in [1.807, 2.05) is 60.2 Å². The Labute approximate surface area is 324 Å². The predicted octanol–water partition coefficient (Wildman–Crippen LogP) is 7.91. The first-order valence-electron chi connectivity index (χ1n) is 18.0. The molecule has 2 fully saturated rings. The lowest BCUT2D eigenvalue weighted by Crippen LogP contribution is -2.59. The van der Waals surface area contributed by atoms with Gasteiger partial charge in [0.25, 0.3) is 5.91 Å². The number of hydrogen-bond donors (Lipinski definition) is 2. The van der Waals surface area contributed by atoms with Gasteiger partial charge in [0.2, 0.25) is 0 Å². The molecule has 1 unspecified atom stereocenters. The molecule has 4 heterocycles. The van der Waals surface area contributed by atoms with E-state index in [4.69, 9.17) is 28.3 Å². The number of benzene rings is 3. The molecule has 280 valence electrons. The number of likely N-dealkylation sites (N-methyl/N-ethyl adjacent to an activating group) is 1. The van der Waals surface area contributed by atoms with Crippen LogP contribution in [0.3, 0.4) is 0 Å². The molecule has 7 rings (SSSR count). The Bertz CT molecular complexity index is 2230. The number of carbonyl (C=O) groups excluding carboxylic acids is 1. The topological polar surface area (TPSA) is 118 Å². The minimum absolute atomic E-state index is 0.0246. The summed E-state index contributed by atoms with van der Waals surface area (Å²) in [6, 6.07) is 17.7. The number of pyridine rings is 1. The van der Waals surface area contributed by atoms with Crippen molar-refractivity contribution in [1.82, 2.24) is 34.7 Å². The van der Waals surface area contributed by atoms with E-state index in [1.165, 1.54) is 18.3 Å². The van der Waals surface area contributed by atoms with Gasteiger partial charge in [-0.2, -0.15) is 5.26 Å². The van der Waals surface area contributed by atoms with Crippen LogP contribution in [0.25, 0.3) is 10.9 Å². The Morgan fingerprint density at radius 1 is 1.04 bits per heavy atom. The number of hydrogen-bond acceptors (Lipinski definition) is 9. The zero-order valence-corrected chi connectivity index (χ0v) is 32.5. The monoisotopic (exact) mass is 768 g/mol. The number of piperidine rings is 1. The van der Waals surface area contributed by atoms with Gasteiger partial charge in [-0.15, -0.1) is 5.10 Å². The van der Waals surface area contributed by atoms with Gasteiger partial charge in [0.15, 0.2) is 0 Å². The molecule has 0 spiro atoms. The van der Waals surface area contributed by atoms with E-state index in [9.17, 15) is 14.4 Å². The smallest absolute Gasteiger partial charge is 0.253 e. The van der Waals surface area contributed by atoms with Crippen LogP contribution in [0.15, 0.2) is 67.0 Å². The quantitative estimate of drug-likeness (QED) is 0.154. The normalized spacial score (nSPS) is 16.3. The number of halogens is 3. The van der Waals surface area contributed by atoms with Gasteiger partial charge in [-0.05, 0) is 95.7 Å². The largest absolute Gasteiger partial charge is 0.373 e. The second kappa shape index (κ2) is 15.1. The van der Waals surface area contributed by atoms with E-state index in [-0.39, 0.29) is 28.1 Å². The van der Waals surface area contributed by atoms with Crippen molar-refractivity contribution in [2.75, 3.05) is 50.9 Å². The van der Waals surface area contributed by atoms with Crippen LogP contribution in [-0.4, -0.2) is 92.4 Å². The van der Waals surface area contributed by atoms with E-state index in [2.05, 4.69) is 57.5 Å². The Morgan fingerprint density at radius 3 is 2.46 bits per heavy atom. The van der Waals surface area contributed by atoms with Gasteiger partial charge in [-0.3, -0.25) is 14.7 Å². The van der Waals surface area contributed by atoms with Crippen molar-refractivity contribution in [3.8, 4) is 6.07 Å². The Kier molecular flexibility index (Phi) is 10.5. The summed E-state index contributed by atoms with van der Waals surface area (Å²) in [5.74, 6) is -0.577. The average Bonchev–Trinajstić information content (AvgIpc) is 3.61. The van der Waals surface area contributed by atoms with Crippen LogP contribution in [0.1, 0.15) is 72.9 Å². The fourth-order valence-corrected chi connectivity index (χ4v) is 7.61. The molecule has 0 radical (unpaired) electrons. The van der Waals surface area contributed by atoms with Crippen molar-refractivity contribution in [2.24, 2.45) is 0 Å². The summed E-state index contributed by atoms with van der Waals surface area (Å²) in [6.07, 6.45) is 5.35. The molecule has 5 aromatic rings. The number of nitrogens with one attached hydrogen (secondary N) is 2. The number of carbonyl (C=O) groups is 1. The van der Waals surface area contributed by atoms with Crippen molar-refractivity contribution < 1.29 is 9.18 Å². The predicted molar refractivity (Wildman–Crippen MR) is 211 cm³/mol. The van der Waals surface area contributed by atoms with Crippen LogP contribution < -0.4 is 10.6 Å². The van der Waals surface area contributed by atoms with Crippen molar-refractivity contribution in [1.29, 1.82) is 5.26 Å². The highest BCUT2D eigenvalue weighted by atomic mass is 35.5. The molecule has 54 heavy (non-hydrogen) atoms. The molecule has 0 bridgehead atoms. The van der Waals surface area contributed by atoms with Crippen molar-refractivity contribution in [3.05, 3.63) is 105 Å². The van der Waals surface area contributed by atoms with Crippen LogP contribution in [0.2, 0.25) is 10.0 Å². The maximum atomic E-state index is 14.0. The van der Waals surface area contributed by atoms with Crippen LogP contribution in [-0.2, 0) is 0 Å². The van der Waals surface area contributed by atoms with Crippen LogP contribution in [0.5, 0.6) is 0 Å². The lowest BCUT2D eigenvalue weighted by Gasteiger charge is -2.42. The molecular weight excluding hydrogens is 726 g/mol. The molecule has 2 aromatic heterocycles. The van der Waals surface area contributed by atoms with E-state index in [0.29, 0.717) is 63.4 Å². The second-order valence-electron chi connectivity index (χ2n) is 15.3. The van der Waals surface area contributed by atoms with Crippen molar-refractivity contribution in [3.63, 3.8) is 0 Å². The zero-order chi connectivity index (χ0) is 38.3. The number of aromatic nitrogens is 4. The lowest BCUT2D eigenvalue weighted by atomic mass is 9.97. The third-order valence-corrected chi connectivity index (χ3v) is 11.1. The fourth-order valence-electron chi connectivity index (χ4n) is 7.16. The fraction of sp³-hybridized carbons (Fsp3) is 0.375. The highest BCUT2D eigenvalue weighted by molar-refractivity contribution is 6.36. The summed E-state index contributed by atoms with van der Waals surface area (Å²) in [7, 11) is 4.05. The number of nitrogens with zero attached hydrogens (tertiary/aromatic N) is 8. The van der Waals surface area contributed by atoms with Gasteiger partial charge in [-0.1, -0.05) is 40.5 Å². The number of amides is 1. The standard InChI is InChI=1S/C40H43Cl2FN10O/c1-40(2,3)52-13-11-29(12-14-52)53-23-35(48-49-53)37(24-7-6-8-25(15-24)39(54)51-21-30(22-51)50(4)5)47-28-16-31-36(46-27-9-10-34(43)32(41)17-27)26(19-44)20-45-38(31)33(42)18-28/h6-10,15-18,20,23,29-30,37,47H,11-14,21-22H2,1-5H3,(H,45,46). The molecular formula is C40H43Cl2FN10O. The van der Waals surface area contributed by atoms with Crippen molar-refractivity contribution in [2.45, 2.75) is 57.3 Å². The van der Waals surface area contributed by atoms with Crippen LogP contribution >= 0.6 is 23.2 Å².